The molecule has 25 heavy (non-hydrogen) atoms. The van der Waals surface area contributed by atoms with Gasteiger partial charge in [0, 0.05) is 12.1 Å². The topological polar surface area (TPSA) is 88.1 Å². The number of nitro benzene ring substituents is 1. The zero-order valence-electron chi connectivity index (χ0n) is 14.6. The Morgan fingerprint density at radius 3 is 2.56 bits per heavy atom. The maximum atomic E-state index is 10.8. The van der Waals surface area contributed by atoms with Gasteiger partial charge >= 0.3 is 0 Å². The summed E-state index contributed by atoms with van der Waals surface area (Å²) in [5, 5.41) is 29.3. The van der Waals surface area contributed by atoms with E-state index in [0.717, 1.165) is 30.4 Å². The van der Waals surface area contributed by atoms with E-state index in [-0.39, 0.29) is 5.69 Å². The maximum Gasteiger partial charge on any atom is 0.271 e. The Morgan fingerprint density at radius 2 is 1.84 bits per heavy atom. The van der Waals surface area contributed by atoms with Crippen LogP contribution in [0.1, 0.15) is 43.7 Å². The summed E-state index contributed by atoms with van der Waals surface area (Å²) in [7, 11) is 0. The van der Waals surface area contributed by atoms with E-state index in [0.29, 0.717) is 17.1 Å². The predicted octanol–water partition coefficient (Wildman–Crippen LogP) is 6.15. The highest BCUT2D eigenvalue weighted by Crippen LogP contribution is 2.31. The lowest BCUT2D eigenvalue weighted by atomic mass is 10.0. The molecule has 132 valence electrons. The number of nitrogens with zero attached hydrogens (tertiary/aromatic N) is 3. The van der Waals surface area contributed by atoms with Crippen LogP contribution in [0.25, 0.3) is 0 Å². The second-order valence-corrected chi connectivity index (χ2v) is 6.06. The lowest BCUT2D eigenvalue weighted by Gasteiger charge is -2.08. The van der Waals surface area contributed by atoms with Crippen molar-refractivity contribution in [1.82, 2.24) is 0 Å². The molecule has 0 saturated carbocycles. The number of benzene rings is 2. The van der Waals surface area contributed by atoms with Gasteiger partial charge in [-0.15, -0.1) is 0 Å². The van der Waals surface area contributed by atoms with Crippen molar-refractivity contribution in [2.24, 2.45) is 10.2 Å². The number of aromatic hydroxyl groups is 1. The summed E-state index contributed by atoms with van der Waals surface area (Å²) in [4.78, 5) is 10.3. The third-order valence-corrected chi connectivity index (χ3v) is 3.99. The number of phenolic OH excluding ortho intramolecular Hbond substituents is 1. The third-order valence-electron chi connectivity index (χ3n) is 3.99. The number of non-ortho nitro benzene ring substituents is 1. The lowest BCUT2D eigenvalue weighted by Crippen LogP contribution is -1.89. The van der Waals surface area contributed by atoms with E-state index < -0.39 is 4.92 Å². The van der Waals surface area contributed by atoms with E-state index in [2.05, 4.69) is 17.2 Å². The largest absolute Gasteiger partial charge is 0.507 e. The number of nitro groups is 1. The number of azo groups is 1. The molecule has 2 rings (SSSR count). The number of unbranched alkanes of at least 4 members (excludes halogenated alkanes) is 3. The van der Waals surface area contributed by atoms with Gasteiger partial charge in [-0.3, -0.25) is 10.1 Å². The molecule has 0 heterocycles. The minimum Gasteiger partial charge on any atom is -0.507 e. The Labute approximate surface area is 147 Å². The first-order valence-corrected chi connectivity index (χ1v) is 8.50. The average Bonchev–Trinajstić information content (AvgIpc) is 2.60. The number of rotatable bonds is 8. The molecule has 0 saturated heterocycles. The number of hydrogen-bond acceptors (Lipinski definition) is 5. The van der Waals surface area contributed by atoms with E-state index in [4.69, 9.17) is 0 Å². The van der Waals surface area contributed by atoms with Gasteiger partial charge < -0.3 is 5.11 Å². The minimum absolute atomic E-state index is 0.0186. The summed E-state index contributed by atoms with van der Waals surface area (Å²) in [6.45, 7) is 3.99. The first-order chi connectivity index (χ1) is 12.0. The van der Waals surface area contributed by atoms with Crippen LogP contribution in [0.2, 0.25) is 0 Å². The van der Waals surface area contributed by atoms with Crippen molar-refractivity contribution in [3.63, 3.8) is 0 Å². The molecule has 0 aliphatic carbocycles. The van der Waals surface area contributed by atoms with Crippen LogP contribution in [-0.4, -0.2) is 10.0 Å². The fraction of sp³-hybridized carbons (Fsp3) is 0.368. The maximum absolute atomic E-state index is 10.8. The minimum atomic E-state index is -0.460. The van der Waals surface area contributed by atoms with Gasteiger partial charge in [0.1, 0.15) is 5.75 Å². The molecule has 0 radical (unpaired) electrons. The smallest absolute Gasteiger partial charge is 0.271 e. The highest BCUT2D eigenvalue weighted by molar-refractivity contribution is 5.52. The quantitative estimate of drug-likeness (QED) is 0.270. The van der Waals surface area contributed by atoms with Crippen molar-refractivity contribution >= 4 is 17.1 Å². The molecule has 0 amide bonds. The molecule has 1 N–H and O–H groups in total. The van der Waals surface area contributed by atoms with Gasteiger partial charge in [-0.05, 0) is 49.1 Å². The SMILES string of the molecule is CCCCCCc1cc(N=Nc2cccc([N+](=O)[O-])c2)cc(C)c1O. The third kappa shape index (κ3) is 5.38. The van der Waals surface area contributed by atoms with Crippen LogP contribution in [0.4, 0.5) is 17.1 Å². The van der Waals surface area contributed by atoms with Crippen molar-refractivity contribution < 1.29 is 10.0 Å². The normalized spacial score (nSPS) is 11.1. The van der Waals surface area contributed by atoms with E-state index in [1.807, 2.05) is 13.0 Å². The molecule has 6 heteroatoms. The van der Waals surface area contributed by atoms with Crippen LogP contribution in [0.5, 0.6) is 5.75 Å². The lowest BCUT2D eigenvalue weighted by molar-refractivity contribution is -0.384. The second kappa shape index (κ2) is 8.92. The Hall–Kier alpha value is -2.76. The van der Waals surface area contributed by atoms with Crippen LogP contribution in [0, 0.1) is 17.0 Å². The average molecular weight is 341 g/mol. The number of phenols is 1. The molecule has 0 atom stereocenters. The number of hydrogen-bond donors (Lipinski definition) is 1. The second-order valence-electron chi connectivity index (χ2n) is 6.06. The first kappa shape index (κ1) is 18.6. The highest BCUT2D eigenvalue weighted by atomic mass is 16.6. The Balaban J connectivity index is 2.17. The van der Waals surface area contributed by atoms with Crippen LogP contribution in [0.3, 0.4) is 0 Å². The van der Waals surface area contributed by atoms with Gasteiger partial charge in [-0.1, -0.05) is 32.3 Å². The molecule has 0 bridgehead atoms. The Morgan fingerprint density at radius 1 is 1.08 bits per heavy atom. The Bertz CT molecular complexity index is 773. The summed E-state index contributed by atoms with van der Waals surface area (Å²) in [6, 6.07) is 9.62. The zero-order chi connectivity index (χ0) is 18.2. The van der Waals surface area contributed by atoms with Crippen LogP contribution in [-0.2, 0) is 6.42 Å². The fourth-order valence-corrected chi connectivity index (χ4v) is 2.61. The van der Waals surface area contributed by atoms with Gasteiger partial charge in [0.2, 0.25) is 0 Å². The summed E-state index contributed by atoms with van der Waals surface area (Å²) < 4.78 is 0. The van der Waals surface area contributed by atoms with Gasteiger partial charge in [0.25, 0.3) is 5.69 Å². The molecule has 2 aromatic carbocycles. The van der Waals surface area contributed by atoms with Gasteiger partial charge in [-0.25, -0.2) is 0 Å². The molecular weight excluding hydrogens is 318 g/mol. The van der Waals surface area contributed by atoms with Gasteiger partial charge in [-0.2, -0.15) is 10.2 Å². The molecule has 2 aromatic rings. The summed E-state index contributed by atoms with van der Waals surface area (Å²) >= 11 is 0. The molecule has 6 nitrogen and oxygen atoms in total. The van der Waals surface area contributed by atoms with Crippen molar-refractivity contribution in [2.45, 2.75) is 46.0 Å². The van der Waals surface area contributed by atoms with E-state index >= 15 is 0 Å². The van der Waals surface area contributed by atoms with E-state index in [1.165, 1.54) is 25.0 Å². The molecule has 0 aliphatic heterocycles. The molecule has 0 fully saturated rings. The van der Waals surface area contributed by atoms with Crippen LogP contribution >= 0.6 is 0 Å². The Kier molecular flexibility index (Phi) is 6.62. The predicted molar refractivity (Wildman–Crippen MR) is 98.0 cm³/mol. The van der Waals surface area contributed by atoms with Crippen LogP contribution in [0.15, 0.2) is 46.6 Å². The molecule has 0 spiro atoms. The van der Waals surface area contributed by atoms with E-state index in [9.17, 15) is 15.2 Å². The van der Waals surface area contributed by atoms with Crippen LogP contribution < -0.4 is 0 Å². The van der Waals surface area contributed by atoms with Crippen molar-refractivity contribution in [1.29, 1.82) is 0 Å². The molecular formula is C19H23N3O3. The fourth-order valence-electron chi connectivity index (χ4n) is 2.61. The summed E-state index contributed by atoms with van der Waals surface area (Å²) in [5.74, 6) is 0.311. The zero-order valence-corrected chi connectivity index (χ0v) is 14.6. The van der Waals surface area contributed by atoms with E-state index in [1.54, 1.807) is 18.2 Å². The van der Waals surface area contributed by atoms with Gasteiger partial charge in [0.15, 0.2) is 0 Å². The first-order valence-electron chi connectivity index (χ1n) is 8.50. The summed E-state index contributed by atoms with van der Waals surface area (Å²) in [5.41, 5.74) is 2.65. The van der Waals surface area contributed by atoms with Crippen molar-refractivity contribution in [2.75, 3.05) is 0 Å². The van der Waals surface area contributed by atoms with Crippen molar-refractivity contribution in [3.05, 3.63) is 57.6 Å². The number of aryl methyl sites for hydroxylation is 2. The molecule has 0 aliphatic rings. The van der Waals surface area contributed by atoms with Gasteiger partial charge in [0.05, 0.1) is 16.3 Å². The standard InChI is InChI=1S/C19H23N3O3/c1-3-4-5-6-8-15-12-17(11-14(2)19(15)23)21-20-16-9-7-10-18(13-16)22(24)25/h7,9-13,23H,3-6,8H2,1-2H3. The van der Waals surface area contributed by atoms with Crippen molar-refractivity contribution in [3.8, 4) is 5.75 Å². The highest BCUT2D eigenvalue weighted by Gasteiger charge is 2.08. The molecule has 0 unspecified atom stereocenters. The monoisotopic (exact) mass is 341 g/mol. The molecule has 0 aromatic heterocycles. The summed E-state index contributed by atoms with van der Waals surface area (Å²) in [6.07, 6.45) is 5.31.